The maximum Gasteiger partial charge on any atom is 0.192 e. The molecule has 0 saturated carbocycles. The molecule has 1 rings (SSSR count). The van der Waals surface area contributed by atoms with Crippen molar-refractivity contribution in [3.8, 4) is 0 Å². The minimum absolute atomic E-state index is 0.00879. The average Bonchev–Trinajstić information content (AvgIpc) is 3.42. The van der Waals surface area contributed by atoms with Crippen molar-refractivity contribution in [2.45, 2.75) is 209 Å². The fourth-order valence-corrected chi connectivity index (χ4v) is 11.0. The van der Waals surface area contributed by atoms with Gasteiger partial charge in [0.15, 0.2) is 25.0 Å². The number of carbonyl (C=O) groups is 2. The van der Waals surface area contributed by atoms with Crippen LogP contribution in [0.15, 0.2) is 22.1 Å². The van der Waals surface area contributed by atoms with E-state index in [-0.39, 0.29) is 51.4 Å². The molecular formula is C44H82ClNO5SSi3. The Balaban J connectivity index is 3.33. The van der Waals surface area contributed by atoms with Crippen LogP contribution in [0.5, 0.6) is 0 Å². The molecule has 0 aliphatic heterocycles. The highest BCUT2D eigenvalue weighted by Crippen LogP contribution is 2.44. The Morgan fingerprint density at radius 3 is 1.78 bits per heavy atom. The molecule has 0 aromatic carbocycles. The molecule has 1 aromatic rings. The zero-order valence-electron chi connectivity index (χ0n) is 39.0. The number of hydrogen-bond donors (Lipinski definition) is 0. The molecule has 0 bridgehead atoms. The van der Waals surface area contributed by atoms with Crippen molar-refractivity contribution in [1.82, 2.24) is 4.98 Å². The number of nitrogens with zero attached hydrogens (tertiary/aromatic N) is 1. The lowest BCUT2D eigenvalue weighted by Crippen LogP contribution is -2.54. The van der Waals surface area contributed by atoms with E-state index < -0.39 is 36.5 Å². The van der Waals surface area contributed by atoms with Gasteiger partial charge in [-0.3, -0.25) is 4.79 Å². The van der Waals surface area contributed by atoms with Crippen LogP contribution in [0.4, 0.5) is 0 Å². The van der Waals surface area contributed by atoms with Gasteiger partial charge in [0.2, 0.25) is 0 Å². The maximum atomic E-state index is 14.7. The molecular weight excluding hydrogens is 774 g/mol. The van der Waals surface area contributed by atoms with Gasteiger partial charge in [-0.1, -0.05) is 113 Å². The summed E-state index contributed by atoms with van der Waals surface area (Å²) < 4.78 is 20.9. The van der Waals surface area contributed by atoms with Gasteiger partial charge in [-0.05, 0) is 106 Å². The molecule has 0 amide bonds. The highest BCUT2D eigenvalue weighted by Gasteiger charge is 2.49. The molecule has 0 saturated heterocycles. The third kappa shape index (κ3) is 15.1. The Labute approximate surface area is 350 Å². The van der Waals surface area contributed by atoms with Crippen LogP contribution in [-0.2, 0) is 22.9 Å². The number of Topliss-reactive ketones (excluding diaryl/α,β-unsaturated/α-hetero) is 1. The first kappa shape index (κ1) is 52.3. The van der Waals surface area contributed by atoms with Crippen LogP contribution in [-0.4, -0.2) is 60.3 Å². The van der Waals surface area contributed by atoms with E-state index >= 15 is 0 Å². The lowest BCUT2D eigenvalue weighted by atomic mass is 9.73. The molecule has 6 nitrogen and oxygen atoms in total. The molecule has 0 spiro atoms. The van der Waals surface area contributed by atoms with Crippen molar-refractivity contribution in [2.24, 2.45) is 17.3 Å². The molecule has 0 unspecified atom stereocenters. The Morgan fingerprint density at radius 1 is 0.836 bits per heavy atom. The van der Waals surface area contributed by atoms with Crippen LogP contribution < -0.4 is 0 Å². The predicted octanol–water partition coefficient (Wildman–Crippen LogP) is 14.2. The van der Waals surface area contributed by atoms with Crippen molar-refractivity contribution >= 4 is 66.0 Å². The molecule has 1 aromatic heterocycles. The smallest absolute Gasteiger partial charge is 0.192 e. The van der Waals surface area contributed by atoms with E-state index in [0.29, 0.717) is 11.5 Å². The monoisotopic (exact) mass is 855 g/mol. The second-order valence-electron chi connectivity index (χ2n) is 21.3. The van der Waals surface area contributed by atoms with E-state index in [1.807, 2.05) is 39.2 Å². The van der Waals surface area contributed by atoms with Gasteiger partial charge in [0.1, 0.15) is 12.1 Å². The van der Waals surface area contributed by atoms with Gasteiger partial charge in [0, 0.05) is 28.2 Å². The van der Waals surface area contributed by atoms with E-state index in [4.69, 9.17) is 24.9 Å². The fourth-order valence-electron chi connectivity index (χ4n) is 5.94. The van der Waals surface area contributed by atoms with Gasteiger partial charge in [0.25, 0.3) is 0 Å². The molecule has 55 heavy (non-hydrogen) atoms. The number of aldehydes is 1. The van der Waals surface area contributed by atoms with Gasteiger partial charge >= 0.3 is 0 Å². The first-order chi connectivity index (χ1) is 24.6. The number of rotatable bonds is 21. The van der Waals surface area contributed by atoms with Crippen LogP contribution in [0.2, 0.25) is 54.4 Å². The first-order valence-corrected chi connectivity index (χ1v) is 30.6. The SMILES string of the molecule is CC(=CC[C@H](O[Si](C)(C)C(C)(C)C)C(Cl)=Cc1csc(C)n1)CCC[C@H](C)[C@H](O[Si](C)(C)C(C)(C)C)[C@@H](C)C(=O)C(C)(C)[C@H](CC=O)O[Si](C)(C)C(C)(C)C. The molecule has 0 aliphatic carbocycles. The van der Waals surface area contributed by atoms with Crippen molar-refractivity contribution in [3.05, 3.63) is 32.8 Å². The van der Waals surface area contributed by atoms with Crippen molar-refractivity contribution in [1.29, 1.82) is 0 Å². The highest BCUT2D eigenvalue weighted by atomic mass is 35.5. The third-order valence-electron chi connectivity index (χ3n) is 13.1. The maximum absolute atomic E-state index is 14.7. The van der Waals surface area contributed by atoms with Gasteiger partial charge in [0.05, 0.1) is 29.0 Å². The Bertz CT molecular complexity index is 1460. The Kier molecular flexibility index (Phi) is 19.0. The van der Waals surface area contributed by atoms with Crippen LogP contribution >= 0.6 is 22.9 Å². The fraction of sp³-hybridized carbons (Fsp3) is 0.795. The van der Waals surface area contributed by atoms with Crippen LogP contribution in [0.1, 0.15) is 140 Å². The van der Waals surface area contributed by atoms with E-state index in [1.165, 1.54) is 5.57 Å². The number of ketones is 1. The number of allylic oxidation sites excluding steroid dienone is 1. The van der Waals surface area contributed by atoms with Gasteiger partial charge in [-0.25, -0.2) is 4.98 Å². The van der Waals surface area contributed by atoms with E-state index in [0.717, 1.165) is 36.3 Å². The number of carbonyl (C=O) groups excluding carboxylic acids is 2. The van der Waals surface area contributed by atoms with Crippen LogP contribution in [0, 0.1) is 24.2 Å². The predicted molar refractivity (Wildman–Crippen MR) is 247 cm³/mol. The van der Waals surface area contributed by atoms with Crippen LogP contribution in [0.3, 0.4) is 0 Å². The van der Waals surface area contributed by atoms with E-state index in [2.05, 4.69) is 127 Å². The minimum Gasteiger partial charge on any atom is -0.413 e. The van der Waals surface area contributed by atoms with Gasteiger partial charge in [-0.2, -0.15) is 0 Å². The molecule has 11 heteroatoms. The lowest BCUT2D eigenvalue weighted by Gasteiger charge is -2.46. The Hall–Kier alpha value is -0.729. The molecule has 0 aliphatic rings. The summed E-state index contributed by atoms with van der Waals surface area (Å²) in [5.41, 5.74) is 1.32. The molecule has 0 radical (unpaired) electrons. The highest BCUT2D eigenvalue weighted by molar-refractivity contribution is 7.09. The summed E-state index contributed by atoms with van der Waals surface area (Å²) in [7, 11) is -6.59. The number of halogens is 1. The van der Waals surface area contributed by atoms with Gasteiger partial charge in [-0.15, -0.1) is 11.3 Å². The molecule has 0 N–H and O–H groups in total. The van der Waals surface area contributed by atoms with Crippen LogP contribution in [0.25, 0.3) is 6.08 Å². The summed E-state index contributed by atoms with van der Waals surface area (Å²) in [6, 6.07) is 0. The number of aryl methyl sites for hydroxylation is 1. The summed E-state index contributed by atoms with van der Waals surface area (Å²) in [6.07, 6.45) is 7.91. The first-order valence-electron chi connectivity index (χ1n) is 20.6. The number of aromatic nitrogens is 1. The van der Waals surface area contributed by atoms with Gasteiger partial charge < -0.3 is 18.1 Å². The van der Waals surface area contributed by atoms with Crippen molar-refractivity contribution < 1.29 is 22.9 Å². The molecule has 1 heterocycles. The third-order valence-corrected chi connectivity index (χ3v) is 27.7. The molecule has 318 valence electrons. The topological polar surface area (TPSA) is 74.7 Å². The minimum atomic E-state index is -2.25. The number of thiazole rings is 1. The second kappa shape index (κ2) is 20.0. The van der Waals surface area contributed by atoms with Crippen molar-refractivity contribution in [3.63, 3.8) is 0 Å². The molecule has 0 fully saturated rings. The lowest BCUT2D eigenvalue weighted by molar-refractivity contribution is -0.141. The standard InChI is InChI=1S/C44H82ClNO5SSi3/c1-31(25-26-37(49-53(16,17)41(5,6)7)36(45)29-35-30-52-34(4)46-35)23-22-24-32(2)39(51-55(20,21)43(11,12)13)33(3)40(48)44(14,15)38(27-28-47)50-54(18,19)42(8,9)10/h25,28-30,32-33,37-39H,22-24,26-27H2,1-21H3/t32-,33+,37-,38-,39-/m0/s1. The number of hydrogen-bond acceptors (Lipinski definition) is 7. The summed E-state index contributed by atoms with van der Waals surface area (Å²) in [4.78, 5) is 31.3. The zero-order chi connectivity index (χ0) is 43.2. The Morgan fingerprint density at radius 2 is 1.33 bits per heavy atom. The summed E-state index contributed by atoms with van der Waals surface area (Å²) in [5.74, 6) is -0.108. The molecule has 5 atom stereocenters. The largest absolute Gasteiger partial charge is 0.413 e. The zero-order valence-corrected chi connectivity index (χ0v) is 43.6. The average molecular weight is 857 g/mol. The second-order valence-corrected chi connectivity index (χ2v) is 37.1. The summed E-state index contributed by atoms with van der Waals surface area (Å²) in [5, 5.41) is 3.73. The summed E-state index contributed by atoms with van der Waals surface area (Å²) >= 11 is 8.62. The quantitative estimate of drug-likeness (QED) is 0.0696. The van der Waals surface area contributed by atoms with Crippen molar-refractivity contribution in [2.75, 3.05) is 0 Å². The van der Waals surface area contributed by atoms with E-state index in [9.17, 15) is 9.59 Å². The normalized spacial score (nSPS) is 17.5. The summed E-state index contributed by atoms with van der Waals surface area (Å²) in [6.45, 7) is 46.0. The van der Waals surface area contributed by atoms with E-state index in [1.54, 1.807) is 11.3 Å².